The molecule has 0 aliphatic carbocycles. The topological polar surface area (TPSA) is 64.6 Å². The number of aliphatic imine (C=N–C) groups is 1. The first kappa shape index (κ1) is 25.9. The van der Waals surface area contributed by atoms with Gasteiger partial charge in [0.05, 0.1) is 0 Å². The quantitative estimate of drug-likeness (QED) is 0.171. The summed E-state index contributed by atoms with van der Waals surface area (Å²) in [6, 6.07) is 6.35. The van der Waals surface area contributed by atoms with Gasteiger partial charge in [-0.1, -0.05) is 19.9 Å². The molecule has 3 N–H and O–H groups in total. The van der Waals surface area contributed by atoms with E-state index in [0.717, 1.165) is 57.2 Å². The standard InChI is InChI=1S/C20H38N6.HI/c1-5-26(6-2)17-11-12-18(3)25-20(21-4)24-16-10-9-15-23-19-13-7-8-14-22-19;/h7-8,13-14,18H,5-6,9-12,15-17H2,1-4H3,(H,22,23)(H2,21,24,25);1H. The van der Waals surface area contributed by atoms with Gasteiger partial charge in [-0.3, -0.25) is 4.99 Å². The third kappa shape index (κ3) is 12.8. The maximum atomic E-state index is 4.33. The number of guanidine groups is 1. The molecule has 0 spiro atoms. The minimum absolute atomic E-state index is 0. The molecule has 6 nitrogen and oxygen atoms in total. The minimum atomic E-state index is 0. The largest absolute Gasteiger partial charge is 0.370 e. The number of anilines is 1. The first-order valence-electron chi connectivity index (χ1n) is 10.0. The van der Waals surface area contributed by atoms with Crippen LogP contribution >= 0.6 is 24.0 Å². The van der Waals surface area contributed by atoms with Gasteiger partial charge in [0, 0.05) is 32.4 Å². The van der Waals surface area contributed by atoms with E-state index in [0.29, 0.717) is 6.04 Å². The monoisotopic (exact) mass is 490 g/mol. The lowest BCUT2D eigenvalue weighted by molar-refractivity contribution is 0.292. The van der Waals surface area contributed by atoms with Gasteiger partial charge in [-0.15, -0.1) is 24.0 Å². The molecule has 1 aromatic heterocycles. The van der Waals surface area contributed by atoms with Gasteiger partial charge in [0.25, 0.3) is 0 Å². The number of pyridine rings is 1. The summed E-state index contributed by atoms with van der Waals surface area (Å²) in [5, 5.41) is 10.2. The van der Waals surface area contributed by atoms with Crippen molar-refractivity contribution in [3.63, 3.8) is 0 Å². The molecule has 0 radical (unpaired) electrons. The van der Waals surface area contributed by atoms with Crippen LogP contribution in [0.3, 0.4) is 0 Å². The van der Waals surface area contributed by atoms with Crippen molar-refractivity contribution in [2.45, 2.75) is 52.5 Å². The lowest BCUT2D eigenvalue weighted by Crippen LogP contribution is -2.42. The maximum absolute atomic E-state index is 4.33. The number of halogens is 1. The van der Waals surface area contributed by atoms with Gasteiger partial charge in [-0.2, -0.15) is 0 Å². The Morgan fingerprint density at radius 3 is 2.52 bits per heavy atom. The van der Waals surface area contributed by atoms with Crippen LogP contribution in [0.1, 0.15) is 46.5 Å². The van der Waals surface area contributed by atoms with E-state index in [1.807, 2.05) is 31.4 Å². The molecule has 0 saturated heterocycles. The highest BCUT2D eigenvalue weighted by Crippen LogP contribution is 2.01. The van der Waals surface area contributed by atoms with E-state index in [1.54, 1.807) is 0 Å². The number of hydrogen-bond acceptors (Lipinski definition) is 4. The van der Waals surface area contributed by atoms with Crippen LogP contribution in [0, 0.1) is 0 Å². The number of aromatic nitrogens is 1. The third-order valence-electron chi connectivity index (χ3n) is 4.48. The molecule has 1 aromatic rings. The summed E-state index contributed by atoms with van der Waals surface area (Å²) in [5.74, 6) is 1.84. The lowest BCUT2D eigenvalue weighted by atomic mass is 10.2. The Hall–Kier alpha value is -1.09. The highest BCUT2D eigenvalue weighted by molar-refractivity contribution is 14.0. The summed E-state index contributed by atoms with van der Waals surface area (Å²) < 4.78 is 0. The van der Waals surface area contributed by atoms with Crippen LogP contribution < -0.4 is 16.0 Å². The van der Waals surface area contributed by atoms with E-state index in [2.05, 4.69) is 51.6 Å². The van der Waals surface area contributed by atoms with Gasteiger partial charge in [0.2, 0.25) is 0 Å². The summed E-state index contributed by atoms with van der Waals surface area (Å²) in [4.78, 5) is 11.1. The summed E-state index contributed by atoms with van der Waals surface area (Å²) >= 11 is 0. The zero-order valence-electron chi connectivity index (χ0n) is 17.5. The van der Waals surface area contributed by atoms with Gasteiger partial charge in [-0.25, -0.2) is 4.98 Å². The van der Waals surface area contributed by atoms with Crippen LogP contribution in [0.25, 0.3) is 0 Å². The average molecular weight is 490 g/mol. The zero-order valence-corrected chi connectivity index (χ0v) is 19.8. The molecular weight excluding hydrogens is 451 g/mol. The Kier molecular flexibility index (Phi) is 16.4. The fourth-order valence-electron chi connectivity index (χ4n) is 2.80. The van der Waals surface area contributed by atoms with Gasteiger partial charge in [0.15, 0.2) is 5.96 Å². The lowest BCUT2D eigenvalue weighted by Gasteiger charge is -2.21. The molecule has 0 aliphatic rings. The Labute approximate surface area is 183 Å². The predicted molar refractivity (Wildman–Crippen MR) is 128 cm³/mol. The highest BCUT2D eigenvalue weighted by Gasteiger charge is 2.06. The molecule has 7 heteroatoms. The Morgan fingerprint density at radius 2 is 1.89 bits per heavy atom. The Balaban J connectivity index is 0.00000676. The molecule has 0 saturated carbocycles. The van der Waals surface area contributed by atoms with Crippen LogP contribution in [0.5, 0.6) is 0 Å². The van der Waals surface area contributed by atoms with Crippen molar-refractivity contribution in [1.29, 1.82) is 0 Å². The molecule has 0 aromatic carbocycles. The number of nitrogens with one attached hydrogen (secondary N) is 3. The summed E-state index contributed by atoms with van der Waals surface area (Å²) in [5.41, 5.74) is 0. The first-order valence-corrected chi connectivity index (χ1v) is 10.0. The highest BCUT2D eigenvalue weighted by atomic mass is 127. The van der Waals surface area contributed by atoms with Crippen molar-refractivity contribution in [2.24, 2.45) is 4.99 Å². The maximum Gasteiger partial charge on any atom is 0.191 e. The van der Waals surface area contributed by atoms with E-state index in [1.165, 1.54) is 13.0 Å². The van der Waals surface area contributed by atoms with Crippen LogP contribution in [0.4, 0.5) is 5.82 Å². The van der Waals surface area contributed by atoms with Crippen molar-refractivity contribution in [1.82, 2.24) is 20.5 Å². The molecule has 0 aliphatic heterocycles. The van der Waals surface area contributed by atoms with E-state index < -0.39 is 0 Å². The van der Waals surface area contributed by atoms with E-state index >= 15 is 0 Å². The average Bonchev–Trinajstić information content (AvgIpc) is 2.67. The molecule has 1 atom stereocenters. The van der Waals surface area contributed by atoms with Crippen LogP contribution in [0.2, 0.25) is 0 Å². The molecule has 1 unspecified atom stereocenters. The second-order valence-electron chi connectivity index (χ2n) is 6.56. The van der Waals surface area contributed by atoms with E-state index in [4.69, 9.17) is 0 Å². The normalized spacial score (nSPS) is 12.4. The zero-order chi connectivity index (χ0) is 19.0. The number of rotatable bonds is 13. The van der Waals surface area contributed by atoms with E-state index in [9.17, 15) is 0 Å². The Morgan fingerprint density at radius 1 is 1.15 bits per heavy atom. The second kappa shape index (κ2) is 17.0. The van der Waals surface area contributed by atoms with Gasteiger partial charge in [0.1, 0.15) is 5.82 Å². The summed E-state index contributed by atoms with van der Waals surface area (Å²) in [6.45, 7) is 12.0. The van der Waals surface area contributed by atoms with Gasteiger partial charge < -0.3 is 20.9 Å². The first-order chi connectivity index (χ1) is 12.7. The SMILES string of the molecule is CCN(CC)CCCC(C)NC(=NC)NCCCCNc1ccccn1.I. The smallest absolute Gasteiger partial charge is 0.191 e. The van der Waals surface area contributed by atoms with Crippen molar-refractivity contribution < 1.29 is 0 Å². The number of unbranched alkanes of at least 4 members (excludes halogenated alkanes) is 1. The molecular formula is C20H39IN6. The van der Waals surface area contributed by atoms with Crippen molar-refractivity contribution >= 4 is 35.8 Å². The molecule has 1 rings (SSSR count). The summed E-state index contributed by atoms with van der Waals surface area (Å²) in [6.07, 6.45) is 6.37. The fourth-order valence-corrected chi connectivity index (χ4v) is 2.80. The van der Waals surface area contributed by atoms with Gasteiger partial charge >= 0.3 is 0 Å². The van der Waals surface area contributed by atoms with Crippen LogP contribution in [-0.4, -0.2) is 61.7 Å². The van der Waals surface area contributed by atoms with Crippen LogP contribution in [0.15, 0.2) is 29.4 Å². The fraction of sp³-hybridized carbons (Fsp3) is 0.700. The van der Waals surface area contributed by atoms with Crippen molar-refractivity contribution in [3.05, 3.63) is 24.4 Å². The predicted octanol–water partition coefficient (Wildman–Crippen LogP) is 3.57. The van der Waals surface area contributed by atoms with Crippen LogP contribution in [-0.2, 0) is 0 Å². The second-order valence-corrected chi connectivity index (χ2v) is 6.56. The summed E-state index contributed by atoms with van der Waals surface area (Å²) in [7, 11) is 1.83. The van der Waals surface area contributed by atoms with Crippen molar-refractivity contribution in [2.75, 3.05) is 45.1 Å². The molecule has 0 amide bonds. The van der Waals surface area contributed by atoms with Crippen molar-refractivity contribution in [3.8, 4) is 0 Å². The Bertz CT molecular complexity index is 479. The van der Waals surface area contributed by atoms with E-state index in [-0.39, 0.29) is 24.0 Å². The molecule has 0 fully saturated rings. The minimum Gasteiger partial charge on any atom is -0.370 e. The third-order valence-corrected chi connectivity index (χ3v) is 4.48. The molecule has 27 heavy (non-hydrogen) atoms. The molecule has 0 bridgehead atoms. The number of hydrogen-bond donors (Lipinski definition) is 3. The molecule has 156 valence electrons. The van der Waals surface area contributed by atoms with Gasteiger partial charge in [-0.05, 0) is 64.4 Å². The molecule has 1 heterocycles. The number of nitrogens with zero attached hydrogens (tertiary/aromatic N) is 3.